The average Bonchev–Trinajstić information content (AvgIpc) is 3.12. The van der Waals surface area contributed by atoms with Crippen molar-refractivity contribution in [3.05, 3.63) is 0 Å². The van der Waals surface area contributed by atoms with Crippen molar-refractivity contribution in [3.63, 3.8) is 0 Å². The number of carbonyl (C=O) groups excluding carboxylic acids is 2. The van der Waals surface area contributed by atoms with Crippen molar-refractivity contribution in [2.75, 3.05) is 26.2 Å². The molecule has 7 heteroatoms. The molecule has 6 nitrogen and oxygen atoms in total. The van der Waals surface area contributed by atoms with E-state index < -0.39 is 11.9 Å². The van der Waals surface area contributed by atoms with Gasteiger partial charge in [-0.2, -0.15) is 0 Å². The quantitative estimate of drug-likeness (QED) is 0.0455. The number of carbonyl (C=O) groups is 2. The summed E-state index contributed by atoms with van der Waals surface area (Å²) in [5, 5.41) is 21.8. The zero-order valence-corrected chi connectivity index (χ0v) is 39.1. The molecule has 0 fully saturated rings. The minimum absolute atomic E-state index is 0. The molecule has 0 N–H and O–H groups in total. The summed E-state index contributed by atoms with van der Waals surface area (Å²) in [7, 11) is 0. The first kappa shape index (κ1) is 57.4. The van der Waals surface area contributed by atoms with E-state index in [4.69, 9.17) is 0 Å². The van der Waals surface area contributed by atoms with Gasteiger partial charge in [-0.05, 0) is 90.4 Å². The number of hydrogen-bond acceptors (Lipinski definition) is 6. The van der Waals surface area contributed by atoms with Gasteiger partial charge in [0.05, 0.1) is 0 Å². The van der Waals surface area contributed by atoms with Gasteiger partial charge in [0.15, 0.2) is 0 Å². The van der Waals surface area contributed by atoms with E-state index in [1.165, 1.54) is 154 Å². The van der Waals surface area contributed by atoms with E-state index in [1.54, 1.807) is 0 Å². The van der Waals surface area contributed by atoms with Gasteiger partial charge in [-0.3, -0.25) is 0 Å². The van der Waals surface area contributed by atoms with E-state index in [0.717, 1.165) is 64.7 Å². The molecule has 2 atom stereocenters. The fourth-order valence-electron chi connectivity index (χ4n) is 7.59. The normalized spacial score (nSPS) is 12.4. The molecule has 0 aliphatic heterocycles. The van der Waals surface area contributed by atoms with Gasteiger partial charge in [0.2, 0.25) is 0 Å². The smallest absolute Gasteiger partial charge is 0.550 e. The molecule has 0 saturated heterocycles. The van der Waals surface area contributed by atoms with Crippen molar-refractivity contribution in [1.82, 2.24) is 9.80 Å². The Hall–Kier alpha value is 0.120. The summed E-state index contributed by atoms with van der Waals surface area (Å²) in [6, 6.07) is 0.841. The molecule has 0 spiro atoms. The summed E-state index contributed by atoms with van der Waals surface area (Å²) in [6.45, 7) is 18.0. The van der Waals surface area contributed by atoms with Crippen LogP contribution in [-0.4, -0.2) is 97.7 Å². The Morgan fingerprint density at radius 2 is 0.585 bits per heavy atom. The molecule has 0 aliphatic carbocycles. The third-order valence-electron chi connectivity index (χ3n) is 10.8. The molecule has 0 aliphatic rings. The van der Waals surface area contributed by atoms with Gasteiger partial charge < -0.3 is 29.6 Å². The molecule has 0 bridgehead atoms. The van der Waals surface area contributed by atoms with Crippen LogP contribution in [0.15, 0.2) is 0 Å². The monoisotopic (exact) mass is 777 g/mol. The second-order valence-corrected chi connectivity index (χ2v) is 15.8. The van der Waals surface area contributed by atoms with Gasteiger partial charge in [0.25, 0.3) is 0 Å². The third kappa shape index (κ3) is 41.6. The molecular formula is C46H92CaN2O4. The van der Waals surface area contributed by atoms with E-state index in [-0.39, 0.29) is 50.6 Å². The predicted octanol–water partition coefficient (Wildman–Crippen LogP) is 11.0. The summed E-state index contributed by atoms with van der Waals surface area (Å²) in [6.07, 6.45) is 38.1. The molecule has 0 saturated carbocycles. The van der Waals surface area contributed by atoms with Gasteiger partial charge >= 0.3 is 37.7 Å². The second kappa shape index (κ2) is 46.5. The standard InChI is InChI=1S/2C23H47NO2.Ca/c2*1-4-7-9-11-13-15-20-24(21-16-14-12-10-8-5-2)22(17-6-3)18-19-23(25)26;/h2*22H,4-21H2,1-3H3,(H,25,26);/q;;+2/p-2. The fraction of sp³-hybridized carbons (Fsp3) is 0.957. The van der Waals surface area contributed by atoms with Crippen LogP contribution in [0.4, 0.5) is 0 Å². The SMILES string of the molecule is CCCCCCCCN(CCCCCCCC)C(CCC)CCC(=O)[O-].CCCCCCCCN(CCCCCCCC)C(CCC)CCC(=O)[O-].[Ca+2]. The van der Waals surface area contributed by atoms with E-state index in [1.807, 2.05) is 0 Å². The Kier molecular flexibility index (Phi) is 50.4. The average molecular weight is 777 g/mol. The summed E-state index contributed by atoms with van der Waals surface area (Å²) in [5.74, 6) is -1.80. The van der Waals surface area contributed by atoms with Gasteiger partial charge in [0.1, 0.15) is 0 Å². The Morgan fingerprint density at radius 3 is 0.792 bits per heavy atom. The Morgan fingerprint density at radius 1 is 0.358 bits per heavy atom. The van der Waals surface area contributed by atoms with Gasteiger partial charge in [-0.1, -0.05) is 183 Å². The predicted molar refractivity (Wildman–Crippen MR) is 228 cm³/mol. The first-order chi connectivity index (χ1) is 25.3. The minimum Gasteiger partial charge on any atom is -0.550 e. The van der Waals surface area contributed by atoms with Crippen LogP contribution in [0.2, 0.25) is 0 Å². The van der Waals surface area contributed by atoms with Crippen LogP contribution in [-0.2, 0) is 9.59 Å². The summed E-state index contributed by atoms with van der Waals surface area (Å²) >= 11 is 0. The number of carboxylic acid groups (broad SMARTS) is 2. The number of carboxylic acids is 2. The van der Waals surface area contributed by atoms with Crippen molar-refractivity contribution in [3.8, 4) is 0 Å². The molecule has 0 amide bonds. The van der Waals surface area contributed by atoms with Crippen LogP contribution < -0.4 is 10.2 Å². The van der Waals surface area contributed by atoms with Crippen molar-refractivity contribution < 1.29 is 19.8 Å². The maximum atomic E-state index is 10.9. The van der Waals surface area contributed by atoms with Crippen molar-refractivity contribution in [2.45, 2.75) is 259 Å². The molecule has 312 valence electrons. The van der Waals surface area contributed by atoms with E-state index in [0.29, 0.717) is 12.1 Å². The fourth-order valence-corrected chi connectivity index (χ4v) is 7.59. The zero-order valence-electron chi connectivity index (χ0n) is 36.8. The largest absolute Gasteiger partial charge is 2.00 e. The van der Waals surface area contributed by atoms with E-state index >= 15 is 0 Å². The van der Waals surface area contributed by atoms with Gasteiger partial charge in [-0.15, -0.1) is 0 Å². The van der Waals surface area contributed by atoms with E-state index in [2.05, 4.69) is 51.3 Å². The molecule has 2 unspecified atom stereocenters. The minimum atomic E-state index is -0.898. The molecular weight excluding hydrogens is 685 g/mol. The number of unbranched alkanes of at least 4 members (excludes halogenated alkanes) is 20. The van der Waals surface area contributed by atoms with Gasteiger partial charge in [-0.25, -0.2) is 0 Å². The van der Waals surface area contributed by atoms with Crippen molar-refractivity contribution in [1.29, 1.82) is 0 Å². The zero-order chi connectivity index (χ0) is 38.9. The molecule has 53 heavy (non-hydrogen) atoms. The Bertz CT molecular complexity index is 648. The van der Waals surface area contributed by atoms with Crippen LogP contribution in [0.25, 0.3) is 0 Å². The molecule has 0 radical (unpaired) electrons. The maximum absolute atomic E-state index is 10.9. The molecule has 0 aromatic heterocycles. The van der Waals surface area contributed by atoms with Crippen LogP contribution in [0.5, 0.6) is 0 Å². The van der Waals surface area contributed by atoms with Crippen LogP contribution in [0.1, 0.15) is 247 Å². The molecule has 0 heterocycles. The summed E-state index contributed by atoms with van der Waals surface area (Å²) in [5.41, 5.74) is 0. The summed E-state index contributed by atoms with van der Waals surface area (Å²) < 4.78 is 0. The Balaban J connectivity index is -0.000000926. The number of nitrogens with zero attached hydrogens (tertiary/aromatic N) is 2. The maximum Gasteiger partial charge on any atom is 2.00 e. The molecule has 0 aromatic carbocycles. The number of hydrogen-bond donors (Lipinski definition) is 0. The van der Waals surface area contributed by atoms with Gasteiger partial charge in [0, 0.05) is 24.0 Å². The van der Waals surface area contributed by atoms with Crippen LogP contribution >= 0.6 is 0 Å². The summed E-state index contributed by atoms with van der Waals surface area (Å²) in [4.78, 5) is 27.1. The topological polar surface area (TPSA) is 86.7 Å². The third-order valence-corrected chi connectivity index (χ3v) is 10.8. The second-order valence-electron chi connectivity index (χ2n) is 15.8. The first-order valence-corrected chi connectivity index (χ1v) is 23.2. The van der Waals surface area contributed by atoms with Crippen molar-refractivity contribution in [2.24, 2.45) is 0 Å². The van der Waals surface area contributed by atoms with Crippen LogP contribution in [0.3, 0.4) is 0 Å². The molecule has 0 aromatic rings. The Labute approximate surface area is 362 Å². The number of rotatable bonds is 40. The van der Waals surface area contributed by atoms with Crippen LogP contribution in [0, 0.1) is 0 Å². The first-order valence-electron chi connectivity index (χ1n) is 23.2. The van der Waals surface area contributed by atoms with Crippen molar-refractivity contribution >= 4 is 49.7 Å². The molecule has 0 rings (SSSR count). The number of aliphatic carboxylic acids is 2. The van der Waals surface area contributed by atoms with E-state index in [9.17, 15) is 19.8 Å².